The molecule has 32 heavy (non-hydrogen) atoms. The monoisotopic (exact) mass is 437 g/mol. The van der Waals surface area contributed by atoms with Crippen molar-refractivity contribution in [1.82, 2.24) is 9.88 Å². The van der Waals surface area contributed by atoms with Crippen molar-refractivity contribution in [2.75, 3.05) is 11.4 Å². The summed E-state index contributed by atoms with van der Waals surface area (Å²) in [6.07, 6.45) is 5.16. The average Bonchev–Trinajstić information content (AvgIpc) is 2.78. The number of ether oxygens (including phenoxy) is 1. The van der Waals surface area contributed by atoms with Gasteiger partial charge in [0.05, 0.1) is 6.04 Å². The minimum atomic E-state index is -0.580. The molecule has 172 valence electrons. The highest BCUT2D eigenvalue weighted by atomic mass is 16.6. The first-order valence-electron chi connectivity index (χ1n) is 11.6. The number of amides is 2. The van der Waals surface area contributed by atoms with E-state index in [0.29, 0.717) is 11.4 Å². The van der Waals surface area contributed by atoms with Gasteiger partial charge in [0, 0.05) is 24.3 Å². The van der Waals surface area contributed by atoms with Crippen molar-refractivity contribution < 1.29 is 14.3 Å². The Hall–Kier alpha value is -2.89. The van der Waals surface area contributed by atoms with Crippen LogP contribution in [-0.4, -0.2) is 40.1 Å². The summed E-state index contributed by atoms with van der Waals surface area (Å²) in [6.45, 7) is 10.3. The Bertz CT molecular complexity index is 906. The molecular formula is C26H35N3O3. The zero-order chi connectivity index (χ0) is 23.3. The van der Waals surface area contributed by atoms with Gasteiger partial charge >= 0.3 is 6.09 Å². The van der Waals surface area contributed by atoms with Gasteiger partial charge in [0.15, 0.2) is 0 Å². The smallest absolute Gasteiger partial charge is 0.416 e. The number of piperidine rings is 1. The molecular weight excluding hydrogens is 402 g/mol. The molecule has 1 aromatic carbocycles. The van der Waals surface area contributed by atoms with Gasteiger partial charge in [0.2, 0.25) is 0 Å². The molecule has 2 heterocycles. The molecule has 2 aromatic rings. The molecule has 0 bridgehead atoms. The lowest BCUT2D eigenvalue weighted by atomic mass is 9.95. The van der Waals surface area contributed by atoms with E-state index in [-0.39, 0.29) is 18.0 Å². The fourth-order valence-corrected chi connectivity index (χ4v) is 4.00. The quantitative estimate of drug-likeness (QED) is 0.576. The van der Waals surface area contributed by atoms with Crippen LogP contribution in [0.25, 0.3) is 0 Å². The van der Waals surface area contributed by atoms with Crippen LogP contribution < -0.4 is 4.90 Å². The molecule has 2 unspecified atom stereocenters. The Morgan fingerprint density at radius 3 is 2.47 bits per heavy atom. The number of pyridine rings is 1. The van der Waals surface area contributed by atoms with Crippen molar-refractivity contribution in [1.29, 1.82) is 0 Å². The van der Waals surface area contributed by atoms with Crippen molar-refractivity contribution in [2.45, 2.75) is 78.0 Å². The summed E-state index contributed by atoms with van der Waals surface area (Å²) in [5.41, 5.74) is 1.12. The minimum Gasteiger partial charge on any atom is -0.443 e. The normalized spacial score (nSPS) is 17.5. The maximum atomic E-state index is 13.1. The van der Waals surface area contributed by atoms with Gasteiger partial charge in [0.25, 0.3) is 5.91 Å². The highest BCUT2D eigenvalue weighted by Crippen LogP contribution is 2.33. The van der Waals surface area contributed by atoms with Crippen molar-refractivity contribution in [3.8, 4) is 0 Å². The highest BCUT2D eigenvalue weighted by molar-refractivity contribution is 5.94. The Morgan fingerprint density at radius 1 is 1.16 bits per heavy atom. The Balaban J connectivity index is 1.84. The molecule has 1 fully saturated rings. The molecule has 1 aromatic heterocycles. The Kier molecular flexibility index (Phi) is 7.54. The number of rotatable bonds is 5. The lowest BCUT2D eigenvalue weighted by Gasteiger charge is -2.36. The lowest BCUT2D eigenvalue weighted by molar-refractivity contribution is 0.0565. The van der Waals surface area contributed by atoms with Gasteiger partial charge in [0.1, 0.15) is 11.4 Å². The molecule has 6 nitrogen and oxygen atoms in total. The van der Waals surface area contributed by atoms with E-state index in [1.54, 1.807) is 11.1 Å². The number of carbonyl (C=O) groups is 2. The number of hydrogen-bond acceptors (Lipinski definition) is 4. The molecule has 1 saturated heterocycles. The van der Waals surface area contributed by atoms with Crippen molar-refractivity contribution in [2.24, 2.45) is 0 Å². The SMILES string of the molecule is CCC(C)N(C(=O)OC(C)(C)C)c1ccc(C2CCCCN2C(=O)c2ccccc2)cn1. The summed E-state index contributed by atoms with van der Waals surface area (Å²) < 4.78 is 5.62. The Morgan fingerprint density at radius 2 is 1.88 bits per heavy atom. The number of anilines is 1. The van der Waals surface area contributed by atoms with E-state index in [4.69, 9.17) is 4.74 Å². The first-order valence-corrected chi connectivity index (χ1v) is 11.6. The van der Waals surface area contributed by atoms with E-state index >= 15 is 0 Å². The largest absolute Gasteiger partial charge is 0.443 e. The molecule has 0 radical (unpaired) electrons. The van der Waals surface area contributed by atoms with Crippen LogP contribution in [0, 0.1) is 0 Å². The van der Waals surface area contributed by atoms with Gasteiger partial charge in [-0.05, 0) is 77.1 Å². The molecule has 0 N–H and O–H groups in total. The van der Waals surface area contributed by atoms with Crippen LogP contribution in [0.5, 0.6) is 0 Å². The van der Waals surface area contributed by atoms with Gasteiger partial charge in [-0.2, -0.15) is 0 Å². The minimum absolute atomic E-state index is 0.0171. The van der Waals surface area contributed by atoms with Crippen LogP contribution in [0.4, 0.5) is 10.6 Å². The van der Waals surface area contributed by atoms with Gasteiger partial charge in [-0.1, -0.05) is 31.2 Å². The molecule has 6 heteroatoms. The molecule has 2 atom stereocenters. The second-order valence-corrected chi connectivity index (χ2v) is 9.43. The fraction of sp³-hybridized carbons (Fsp3) is 0.500. The molecule has 0 aliphatic carbocycles. The fourth-order valence-electron chi connectivity index (χ4n) is 4.00. The zero-order valence-electron chi connectivity index (χ0n) is 19.9. The first kappa shape index (κ1) is 23.8. The zero-order valence-corrected chi connectivity index (χ0v) is 19.9. The van der Waals surface area contributed by atoms with E-state index in [1.807, 2.05) is 82.0 Å². The highest BCUT2D eigenvalue weighted by Gasteiger charge is 2.31. The van der Waals surface area contributed by atoms with Crippen molar-refractivity contribution >= 4 is 17.8 Å². The second kappa shape index (κ2) is 10.2. The predicted molar refractivity (Wildman–Crippen MR) is 127 cm³/mol. The summed E-state index contributed by atoms with van der Waals surface area (Å²) in [7, 11) is 0. The number of nitrogens with zero attached hydrogens (tertiary/aromatic N) is 3. The predicted octanol–water partition coefficient (Wildman–Crippen LogP) is 5.99. The van der Waals surface area contributed by atoms with Crippen molar-refractivity contribution in [3.05, 3.63) is 59.8 Å². The summed E-state index contributed by atoms with van der Waals surface area (Å²) >= 11 is 0. The molecule has 1 aliphatic heterocycles. The van der Waals surface area contributed by atoms with Gasteiger partial charge < -0.3 is 9.64 Å². The first-order chi connectivity index (χ1) is 15.2. The topological polar surface area (TPSA) is 62.7 Å². The van der Waals surface area contributed by atoms with Gasteiger partial charge in [-0.3, -0.25) is 9.69 Å². The molecule has 1 aliphatic rings. The van der Waals surface area contributed by atoms with Crippen LogP contribution in [0.2, 0.25) is 0 Å². The van der Waals surface area contributed by atoms with E-state index in [0.717, 1.165) is 37.8 Å². The van der Waals surface area contributed by atoms with E-state index in [2.05, 4.69) is 4.98 Å². The van der Waals surface area contributed by atoms with E-state index in [9.17, 15) is 9.59 Å². The number of hydrogen-bond donors (Lipinski definition) is 0. The van der Waals surface area contributed by atoms with Gasteiger partial charge in [-0.15, -0.1) is 0 Å². The number of aromatic nitrogens is 1. The van der Waals surface area contributed by atoms with Crippen LogP contribution in [0.1, 0.15) is 82.3 Å². The third-order valence-corrected chi connectivity index (χ3v) is 5.81. The maximum absolute atomic E-state index is 13.1. The standard InChI is InChI=1S/C26H35N3O3/c1-6-19(2)29(25(31)32-26(3,4)5)23-16-15-21(18-27-23)22-14-10-11-17-28(22)24(30)20-12-8-7-9-13-20/h7-9,12-13,15-16,18-19,22H,6,10-11,14,17H2,1-5H3. The van der Waals surface area contributed by atoms with Crippen LogP contribution >= 0.6 is 0 Å². The van der Waals surface area contributed by atoms with Gasteiger partial charge in [-0.25, -0.2) is 9.78 Å². The molecule has 3 rings (SSSR count). The Labute approximate surface area is 191 Å². The summed E-state index contributed by atoms with van der Waals surface area (Å²) in [6, 6.07) is 13.2. The number of carbonyl (C=O) groups excluding carboxylic acids is 2. The average molecular weight is 438 g/mol. The summed E-state index contributed by atoms with van der Waals surface area (Å²) in [5.74, 6) is 0.614. The molecule has 2 amide bonds. The van der Waals surface area contributed by atoms with Crippen LogP contribution in [-0.2, 0) is 4.74 Å². The third kappa shape index (κ3) is 5.67. The molecule has 0 spiro atoms. The van der Waals surface area contributed by atoms with Crippen LogP contribution in [0.15, 0.2) is 48.7 Å². The van der Waals surface area contributed by atoms with Crippen molar-refractivity contribution in [3.63, 3.8) is 0 Å². The maximum Gasteiger partial charge on any atom is 0.416 e. The second-order valence-electron chi connectivity index (χ2n) is 9.43. The van der Waals surface area contributed by atoms with E-state index in [1.165, 1.54) is 0 Å². The van der Waals surface area contributed by atoms with E-state index < -0.39 is 11.7 Å². The number of likely N-dealkylation sites (tertiary alicyclic amines) is 1. The molecule has 0 saturated carbocycles. The summed E-state index contributed by atoms with van der Waals surface area (Å²) in [4.78, 5) is 34.2. The summed E-state index contributed by atoms with van der Waals surface area (Å²) in [5, 5.41) is 0. The van der Waals surface area contributed by atoms with Crippen LogP contribution in [0.3, 0.4) is 0 Å². The lowest BCUT2D eigenvalue weighted by Crippen LogP contribution is -2.42. The number of benzene rings is 1. The third-order valence-electron chi connectivity index (χ3n) is 5.81.